The highest BCUT2D eigenvalue weighted by atomic mass is 31.3. The predicted molar refractivity (Wildman–Crippen MR) is 134 cm³/mol. The molecule has 8 N–H and O–H groups in total. The number of hydrogen-bond acceptors (Lipinski definition) is 13. The molecule has 19 nitrogen and oxygen atoms in total. The number of nitrogens with two attached hydrogens (primary N) is 1. The van der Waals surface area contributed by atoms with Gasteiger partial charge in [-0.25, -0.2) is 23.3 Å². The number of phosphoric ester groups is 1. The summed E-state index contributed by atoms with van der Waals surface area (Å²) in [5.74, 6) is 0. The smallest absolute Gasteiger partial charge is 0.422 e. The summed E-state index contributed by atoms with van der Waals surface area (Å²) in [6.07, 6.45) is -5.48. The van der Waals surface area contributed by atoms with Gasteiger partial charge in [0.25, 0.3) is 5.56 Å². The predicted octanol–water partition coefficient (Wildman–Crippen LogP) is -0.165. The van der Waals surface area contributed by atoms with Crippen molar-refractivity contribution in [3.8, 4) is 0 Å². The molecule has 1 aliphatic rings. The van der Waals surface area contributed by atoms with E-state index >= 15 is 0 Å². The largest absolute Gasteiger partial charge is 0.490 e. The van der Waals surface area contributed by atoms with Crippen LogP contribution in [0.1, 0.15) is 29.9 Å². The van der Waals surface area contributed by atoms with Gasteiger partial charge in [-0.3, -0.25) is 18.9 Å². The van der Waals surface area contributed by atoms with Crippen molar-refractivity contribution in [2.75, 3.05) is 0 Å². The maximum Gasteiger partial charge on any atom is 0.490 e. The minimum Gasteiger partial charge on any atom is -0.422 e. The molecule has 6 atom stereocenters. The molecular weight excluding hydrogens is 619 g/mol. The lowest BCUT2D eigenvalue weighted by Gasteiger charge is -2.28. The summed E-state index contributed by atoms with van der Waals surface area (Å²) < 4.78 is 60.0. The first kappa shape index (κ1) is 31.3. The molecule has 0 saturated carbocycles. The lowest BCUT2D eigenvalue weighted by Crippen LogP contribution is -2.32. The number of phosphoric acid groups is 3. The van der Waals surface area contributed by atoms with E-state index in [1.165, 1.54) is 24.3 Å². The molecule has 224 valence electrons. The number of nitrogens with one attached hydrogen (secondary N) is 1. The molecule has 1 aromatic carbocycles. The zero-order valence-corrected chi connectivity index (χ0v) is 23.0. The second kappa shape index (κ2) is 11.6. The molecule has 1 aliphatic heterocycles. The number of H-pyrrole nitrogens is 1. The molecule has 1 saturated heterocycles. The van der Waals surface area contributed by atoms with Gasteiger partial charge >= 0.3 is 34.8 Å². The van der Waals surface area contributed by atoms with Crippen LogP contribution < -0.4 is 22.6 Å². The molecule has 3 heterocycles. The van der Waals surface area contributed by atoms with Crippen molar-refractivity contribution in [1.29, 1.82) is 0 Å². The monoisotopic (exact) mass is 641 g/mol. The number of benzene rings is 1. The fraction of sp³-hybridized carbons (Fsp3) is 0.316. The molecule has 41 heavy (non-hydrogen) atoms. The average Bonchev–Trinajstić information content (AvgIpc) is 3.20. The van der Waals surface area contributed by atoms with Gasteiger partial charge in [0.05, 0.1) is 11.7 Å². The first-order valence-electron chi connectivity index (χ1n) is 11.2. The van der Waals surface area contributed by atoms with Gasteiger partial charge in [0, 0.05) is 30.6 Å². The van der Waals surface area contributed by atoms with Crippen molar-refractivity contribution in [3.63, 3.8) is 0 Å². The minimum absolute atomic E-state index is 0.0543. The topological polar surface area (TPSA) is 300 Å². The van der Waals surface area contributed by atoms with Crippen molar-refractivity contribution < 1.29 is 60.7 Å². The highest BCUT2D eigenvalue weighted by Gasteiger charge is 2.47. The van der Waals surface area contributed by atoms with Crippen LogP contribution in [0, 0.1) is 0 Å². The number of aromatic nitrogens is 2. The van der Waals surface area contributed by atoms with Crippen LogP contribution in [-0.4, -0.2) is 46.4 Å². The molecule has 2 aromatic heterocycles. The van der Waals surface area contributed by atoms with E-state index in [4.69, 9.17) is 29.2 Å². The Morgan fingerprint density at radius 1 is 1.05 bits per heavy atom. The van der Waals surface area contributed by atoms with Gasteiger partial charge in [-0.15, -0.1) is 0 Å². The molecule has 3 unspecified atom stereocenters. The molecule has 1 fully saturated rings. The van der Waals surface area contributed by atoms with E-state index in [1.54, 1.807) is 0 Å². The van der Waals surface area contributed by atoms with E-state index in [0.29, 0.717) is 0 Å². The molecule has 22 heteroatoms. The third-order valence-electron chi connectivity index (χ3n) is 5.64. The van der Waals surface area contributed by atoms with Crippen LogP contribution in [0.5, 0.6) is 0 Å². The van der Waals surface area contributed by atoms with Gasteiger partial charge in [0.15, 0.2) is 0 Å². The van der Waals surface area contributed by atoms with Crippen molar-refractivity contribution in [1.82, 2.24) is 9.55 Å². The SMILES string of the molecule is NCc1cc2cc(C(OP(=O)(O)OP(=O)(O)OP(=O)(O)O)[C@H]3O[C@@H](n4ccc(=O)[nH]c4=O)C[C@@H]3O)ccc2oc1=O. The molecule has 0 amide bonds. The number of nitrogens with zero attached hydrogens (tertiary/aromatic N) is 1. The van der Waals surface area contributed by atoms with Crippen molar-refractivity contribution in [2.45, 2.75) is 37.5 Å². The molecule has 0 bridgehead atoms. The van der Waals surface area contributed by atoms with Gasteiger partial charge in [0.2, 0.25) is 0 Å². The Kier molecular flexibility index (Phi) is 8.86. The highest BCUT2D eigenvalue weighted by Crippen LogP contribution is 2.67. The van der Waals surface area contributed by atoms with Gasteiger partial charge in [-0.05, 0) is 23.8 Å². The number of aliphatic hydroxyl groups is 1. The van der Waals surface area contributed by atoms with E-state index < -0.39 is 64.9 Å². The van der Waals surface area contributed by atoms with Crippen LogP contribution in [0.4, 0.5) is 0 Å². The normalized spacial score (nSPS) is 23.2. The third-order valence-corrected chi connectivity index (χ3v) is 9.46. The van der Waals surface area contributed by atoms with E-state index in [9.17, 15) is 43.0 Å². The maximum atomic E-state index is 12.8. The standard InChI is InChI=1S/C19H22N3O16P3/c20-8-11-6-10-5-9(1-2-13(10)34-18(11)25)16(36-40(30,31)38-41(32,33)37-39(27,28)29)17-12(23)7-15(35-17)22-4-3-14(24)21-19(22)26/h1-6,12,15-17,23H,7-8,20H2,(H,30,31)(H,32,33)(H,21,24,26)(H2,27,28,29)/t12-,15+,16?,17-/m0/s1. The molecular formula is C19H22N3O16P3. The Morgan fingerprint density at radius 3 is 2.39 bits per heavy atom. The van der Waals surface area contributed by atoms with E-state index in [1.807, 2.05) is 4.98 Å². The summed E-state index contributed by atoms with van der Waals surface area (Å²) in [6.45, 7) is -0.201. The molecule has 0 aliphatic carbocycles. The highest BCUT2D eigenvalue weighted by molar-refractivity contribution is 7.66. The van der Waals surface area contributed by atoms with Gasteiger partial charge in [-0.1, -0.05) is 6.07 Å². The number of ether oxygens (including phenoxy) is 1. The molecule has 0 radical (unpaired) electrons. The lowest BCUT2D eigenvalue weighted by atomic mass is 9.98. The quantitative estimate of drug-likeness (QED) is 0.112. The summed E-state index contributed by atoms with van der Waals surface area (Å²) in [5.41, 5.74) is 3.26. The van der Waals surface area contributed by atoms with Crippen molar-refractivity contribution in [2.24, 2.45) is 5.73 Å². The van der Waals surface area contributed by atoms with Crippen molar-refractivity contribution in [3.05, 3.63) is 78.9 Å². The van der Waals surface area contributed by atoms with Crippen LogP contribution in [0.25, 0.3) is 11.0 Å². The Balaban J connectivity index is 1.75. The number of fused-ring (bicyclic) bond motifs is 1. The Labute approximate surface area is 227 Å². The van der Waals surface area contributed by atoms with Crippen LogP contribution >= 0.6 is 23.5 Å². The van der Waals surface area contributed by atoms with E-state index in [-0.39, 0.29) is 35.1 Å². The van der Waals surface area contributed by atoms with E-state index in [0.717, 1.165) is 16.8 Å². The van der Waals surface area contributed by atoms with Crippen LogP contribution in [0.3, 0.4) is 0 Å². The Bertz CT molecular complexity index is 1780. The molecule has 4 rings (SSSR count). The lowest BCUT2D eigenvalue weighted by molar-refractivity contribution is -0.0820. The van der Waals surface area contributed by atoms with E-state index in [2.05, 4.69) is 8.62 Å². The summed E-state index contributed by atoms with van der Waals surface area (Å²) in [6, 6.07) is 6.10. The van der Waals surface area contributed by atoms with Crippen LogP contribution in [0.2, 0.25) is 0 Å². The second-order valence-corrected chi connectivity index (χ2v) is 12.9. The molecule has 0 spiro atoms. The Hall–Kier alpha value is -2.60. The summed E-state index contributed by atoms with van der Waals surface area (Å²) in [5, 5.41) is 11.0. The number of aromatic amines is 1. The fourth-order valence-electron chi connectivity index (χ4n) is 4.03. The van der Waals surface area contributed by atoms with Gasteiger partial charge in [-0.2, -0.15) is 8.62 Å². The summed E-state index contributed by atoms with van der Waals surface area (Å²) in [7, 11) is -17.4. The number of aliphatic hydroxyl groups excluding tert-OH is 1. The maximum absolute atomic E-state index is 12.8. The molecule has 3 aromatic rings. The number of hydrogen-bond donors (Lipinski definition) is 7. The summed E-state index contributed by atoms with van der Waals surface area (Å²) >= 11 is 0. The minimum atomic E-state index is -5.90. The first-order valence-corrected chi connectivity index (χ1v) is 15.7. The first-order chi connectivity index (χ1) is 19.0. The fourth-order valence-corrected chi connectivity index (χ4v) is 7.22. The third kappa shape index (κ3) is 7.63. The van der Waals surface area contributed by atoms with Crippen molar-refractivity contribution >= 4 is 34.4 Å². The zero-order chi connectivity index (χ0) is 30.3. The average molecular weight is 641 g/mol. The number of rotatable bonds is 10. The zero-order valence-electron chi connectivity index (χ0n) is 20.3. The second-order valence-electron chi connectivity index (χ2n) is 8.55. The summed E-state index contributed by atoms with van der Waals surface area (Å²) in [4.78, 5) is 75.0. The Morgan fingerprint density at radius 2 is 1.76 bits per heavy atom. The van der Waals surface area contributed by atoms with Gasteiger partial charge in [0.1, 0.15) is 24.0 Å². The van der Waals surface area contributed by atoms with Gasteiger partial charge < -0.3 is 39.6 Å². The van der Waals surface area contributed by atoms with Crippen LogP contribution in [0.15, 0.2) is 55.3 Å². The van der Waals surface area contributed by atoms with Crippen LogP contribution in [-0.2, 0) is 38.1 Å².